The molecule has 0 spiro atoms. The van der Waals surface area contributed by atoms with Crippen molar-refractivity contribution >= 4 is 16.6 Å². The first-order chi connectivity index (χ1) is 13.7. The summed E-state index contributed by atoms with van der Waals surface area (Å²) in [5.74, 6) is 0. The molecule has 0 atom stereocenters. The van der Waals surface area contributed by atoms with Crippen molar-refractivity contribution in [3.63, 3.8) is 0 Å². The molecule has 0 radical (unpaired) electrons. The van der Waals surface area contributed by atoms with Gasteiger partial charge in [-0.15, -0.1) is 0 Å². The first kappa shape index (κ1) is 18.5. The van der Waals surface area contributed by atoms with E-state index in [2.05, 4.69) is 39.0 Å². The second kappa shape index (κ2) is 8.44. The summed E-state index contributed by atoms with van der Waals surface area (Å²) >= 11 is 0. The second-order valence-corrected chi connectivity index (χ2v) is 7.30. The van der Waals surface area contributed by atoms with Crippen molar-refractivity contribution in [3.8, 4) is 0 Å². The van der Waals surface area contributed by atoms with Crippen LogP contribution in [0.3, 0.4) is 0 Å². The number of piperazine rings is 1. The number of fused-ring (bicyclic) bond motifs is 1. The van der Waals surface area contributed by atoms with Gasteiger partial charge in [0, 0.05) is 38.4 Å². The van der Waals surface area contributed by atoms with Gasteiger partial charge in [0.1, 0.15) is 0 Å². The Morgan fingerprint density at radius 2 is 1.46 bits per heavy atom. The quantitative estimate of drug-likeness (QED) is 0.669. The molecule has 1 saturated heterocycles. The van der Waals surface area contributed by atoms with Gasteiger partial charge in [-0.2, -0.15) is 0 Å². The average Bonchev–Trinajstić information content (AvgIpc) is 2.74. The smallest absolute Gasteiger partial charge is 0.328 e. The number of benzene rings is 2. The van der Waals surface area contributed by atoms with E-state index in [1.54, 1.807) is 12.1 Å². The third-order valence-electron chi connectivity index (χ3n) is 5.49. The topological polar surface area (TPSA) is 61.3 Å². The van der Waals surface area contributed by atoms with Gasteiger partial charge in [0.15, 0.2) is 0 Å². The third-order valence-corrected chi connectivity index (χ3v) is 5.49. The number of aromatic nitrogens is 2. The Morgan fingerprint density at radius 1 is 0.786 bits per heavy atom. The number of hydrogen-bond acceptors (Lipinski definition) is 4. The van der Waals surface area contributed by atoms with Crippen molar-refractivity contribution in [3.05, 3.63) is 75.4 Å². The molecule has 1 fully saturated rings. The van der Waals surface area contributed by atoms with E-state index in [1.807, 2.05) is 18.2 Å². The predicted molar refractivity (Wildman–Crippen MR) is 113 cm³/mol. The van der Waals surface area contributed by atoms with Crippen molar-refractivity contribution in [2.75, 3.05) is 37.6 Å². The number of unbranched alkanes of at least 4 members (excludes halogenated alkanes) is 1. The van der Waals surface area contributed by atoms with Gasteiger partial charge in [0.05, 0.1) is 10.9 Å². The summed E-state index contributed by atoms with van der Waals surface area (Å²) in [5.41, 5.74) is 1.37. The highest BCUT2D eigenvalue weighted by Gasteiger charge is 2.16. The number of H-pyrrole nitrogens is 1. The Hall–Kier alpha value is -2.86. The zero-order valence-corrected chi connectivity index (χ0v) is 16.0. The third kappa shape index (κ3) is 4.02. The Bertz CT molecular complexity index is 1030. The van der Waals surface area contributed by atoms with Gasteiger partial charge in [-0.25, -0.2) is 4.79 Å². The van der Waals surface area contributed by atoms with Crippen molar-refractivity contribution in [2.45, 2.75) is 19.4 Å². The fraction of sp³-hybridized carbons (Fsp3) is 0.364. The summed E-state index contributed by atoms with van der Waals surface area (Å²) in [6, 6.07) is 17.7. The molecule has 2 heterocycles. The average molecular weight is 378 g/mol. The number of hydrogen-bond donors (Lipinski definition) is 1. The molecule has 0 amide bonds. The van der Waals surface area contributed by atoms with Gasteiger partial charge < -0.3 is 9.88 Å². The molecular weight excluding hydrogens is 352 g/mol. The molecule has 1 aromatic heterocycles. The maximum atomic E-state index is 12.5. The Balaban J connectivity index is 1.27. The van der Waals surface area contributed by atoms with E-state index in [9.17, 15) is 9.59 Å². The lowest BCUT2D eigenvalue weighted by Crippen LogP contribution is -2.46. The number of nitrogens with zero attached hydrogens (tertiary/aromatic N) is 3. The van der Waals surface area contributed by atoms with Gasteiger partial charge >= 0.3 is 5.69 Å². The van der Waals surface area contributed by atoms with Crippen LogP contribution in [0.4, 0.5) is 5.69 Å². The number of aromatic amines is 1. The van der Waals surface area contributed by atoms with E-state index < -0.39 is 0 Å². The van der Waals surface area contributed by atoms with E-state index in [1.165, 1.54) is 10.3 Å². The van der Waals surface area contributed by atoms with Crippen LogP contribution in [0.25, 0.3) is 10.9 Å². The molecule has 1 N–H and O–H groups in total. The molecule has 0 saturated carbocycles. The SMILES string of the molecule is O=c1[nH]c2ccccc2c(=O)n1CCCCN1CCN(c2ccccc2)CC1. The maximum absolute atomic E-state index is 12.5. The summed E-state index contributed by atoms with van der Waals surface area (Å²) in [5, 5.41) is 0.569. The first-order valence-electron chi connectivity index (χ1n) is 9.96. The van der Waals surface area contributed by atoms with Crippen LogP contribution in [-0.2, 0) is 6.54 Å². The van der Waals surface area contributed by atoms with E-state index in [4.69, 9.17) is 0 Å². The minimum absolute atomic E-state index is 0.198. The van der Waals surface area contributed by atoms with Gasteiger partial charge in [0.25, 0.3) is 5.56 Å². The van der Waals surface area contributed by atoms with Crippen molar-refractivity contribution in [1.82, 2.24) is 14.5 Å². The molecule has 6 heteroatoms. The minimum atomic E-state index is -0.319. The number of rotatable bonds is 6. The van der Waals surface area contributed by atoms with Crippen molar-refractivity contribution < 1.29 is 0 Å². The lowest BCUT2D eigenvalue weighted by Gasteiger charge is -2.36. The molecule has 1 aliphatic rings. The monoisotopic (exact) mass is 378 g/mol. The molecule has 0 unspecified atom stereocenters. The maximum Gasteiger partial charge on any atom is 0.328 e. The number of para-hydroxylation sites is 2. The predicted octanol–water partition coefficient (Wildman–Crippen LogP) is 2.29. The Morgan fingerprint density at radius 3 is 2.25 bits per heavy atom. The molecule has 0 aliphatic carbocycles. The standard InChI is InChI=1S/C22H26N4O2/c27-21-19-10-4-5-11-20(19)23-22(28)26(21)13-7-6-12-24-14-16-25(17-15-24)18-8-2-1-3-9-18/h1-5,8-11H,6-7,12-17H2,(H,23,28). The van der Waals surface area contributed by atoms with Gasteiger partial charge in [-0.3, -0.25) is 14.3 Å². The largest absolute Gasteiger partial charge is 0.369 e. The summed E-state index contributed by atoms with van der Waals surface area (Å²) in [4.78, 5) is 32.4. The summed E-state index contributed by atoms with van der Waals surface area (Å²) in [6.45, 7) is 5.63. The van der Waals surface area contributed by atoms with Crippen LogP contribution in [0.1, 0.15) is 12.8 Å². The highest BCUT2D eigenvalue weighted by molar-refractivity contribution is 5.76. The molecule has 6 nitrogen and oxygen atoms in total. The van der Waals surface area contributed by atoms with Crippen LogP contribution in [0.15, 0.2) is 64.2 Å². The minimum Gasteiger partial charge on any atom is -0.369 e. The van der Waals surface area contributed by atoms with Crippen molar-refractivity contribution in [2.24, 2.45) is 0 Å². The lowest BCUT2D eigenvalue weighted by molar-refractivity contribution is 0.251. The Labute approximate surface area is 164 Å². The van der Waals surface area contributed by atoms with Gasteiger partial charge in [-0.05, 0) is 43.7 Å². The molecule has 3 aromatic rings. The normalized spacial score (nSPS) is 15.2. The van der Waals surface area contributed by atoms with Crippen LogP contribution < -0.4 is 16.1 Å². The Kier molecular flexibility index (Phi) is 5.58. The lowest BCUT2D eigenvalue weighted by atomic mass is 10.2. The highest BCUT2D eigenvalue weighted by atomic mass is 16.2. The summed E-state index contributed by atoms with van der Waals surface area (Å²) in [7, 11) is 0. The van der Waals surface area contributed by atoms with Crippen LogP contribution in [0.2, 0.25) is 0 Å². The van der Waals surface area contributed by atoms with E-state index in [0.717, 1.165) is 45.6 Å². The fourth-order valence-corrected chi connectivity index (χ4v) is 3.88. The summed E-state index contributed by atoms with van der Waals surface area (Å²) in [6.07, 6.45) is 1.80. The zero-order chi connectivity index (χ0) is 19.3. The molecule has 1 aliphatic heterocycles. The molecule has 0 bridgehead atoms. The highest BCUT2D eigenvalue weighted by Crippen LogP contribution is 2.15. The fourth-order valence-electron chi connectivity index (χ4n) is 3.88. The van der Waals surface area contributed by atoms with Crippen LogP contribution in [0.5, 0.6) is 0 Å². The van der Waals surface area contributed by atoms with Gasteiger partial charge in [0.2, 0.25) is 0 Å². The van der Waals surface area contributed by atoms with Crippen molar-refractivity contribution in [1.29, 1.82) is 0 Å². The van der Waals surface area contributed by atoms with Crippen LogP contribution >= 0.6 is 0 Å². The van der Waals surface area contributed by atoms with Crippen LogP contribution in [-0.4, -0.2) is 47.2 Å². The number of nitrogens with one attached hydrogen (secondary N) is 1. The van der Waals surface area contributed by atoms with E-state index >= 15 is 0 Å². The molecule has 146 valence electrons. The van der Waals surface area contributed by atoms with Crippen LogP contribution in [0, 0.1) is 0 Å². The zero-order valence-electron chi connectivity index (χ0n) is 16.0. The molecule has 28 heavy (non-hydrogen) atoms. The van der Waals surface area contributed by atoms with E-state index in [0.29, 0.717) is 17.4 Å². The summed E-state index contributed by atoms with van der Waals surface area (Å²) < 4.78 is 1.33. The molecular formula is C22H26N4O2. The first-order valence-corrected chi connectivity index (χ1v) is 9.96. The van der Waals surface area contributed by atoms with E-state index in [-0.39, 0.29) is 11.2 Å². The molecule has 2 aromatic carbocycles. The van der Waals surface area contributed by atoms with Gasteiger partial charge in [-0.1, -0.05) is 30.3 Å². The number of anilines is 1. The second-order valence-electron chi connectivity index (χ2n) is 7.30. The molecule has 4 rings (SSSR count).